The SMILES string of the molecule is O=C(Cc1ccc(Cl)s1)N1CCN(c2nc3ccc([N+](=O)[O-])cc3s2)CC1. The van der Waals surface area contributed by atoms with Gasteiger partial charge < -0.3 is 9.80 Å². The van der Waals surface area contributed by atoms with Gasteiger partial charge in [0.1, 0.15) is 0 Å². The first-order valence-electron chi connectivity index (χ1n) is 8.31. The van der Waals surface area contributed by atoms with Crippen LogP contribution in [0.4, 0.5) is 10.8 Å². The number of thiophene rings is 1. The van der Waals surface area contributed by atoms with E-state index in [9.17, 15) is 14.9 Å². The first-order chi connectivity index (χ1) is 13.0. The van der Waals surface area contributed by atoms with Gasteiger partial charge >= 0.3 is 0 Å². The van der Waals surface area contributed by atoms with E-state index in [1.54, 1.807) is 12.1 Å². The second kappa shape index (κ2) is 7.41. The number of nitro benzene ring substituents is 1. The molecule has 0 aliphatic carbocycles. The summed E-state index contributed by atoms with van der Waals surface area (Å²) >= 11 is 8.80. The van der Waals surface area contributed by atoms with E-state index in [-0.39, 0.29) is 11.6 Å². The number of carbonyl (C=O) groups excluding carboxylic acids is 1. The second-order valence-electron chi connectivity index (χ2n) is 6.16. The van der Waals surface area contributed by atoms with Gasteiger partial charge in [-0.25, -0.2) is 4.98 Å². The lowest BCUT2D eigenvalue weighted by atomic mass is 10.2. The molecule has 3 heterocycles. The predicted octanol–water partition coefficient (Wildman–Crippen LogP) is 3.81. The first-order valence-corrected chi connectivity index (χ1v) is 10.3. The highest BCUT2D eigenvalue weighted by Gasteiger charge is 2.24. The molecule has 0 atom stereocenters. The molecule has 2 aromatic heterocycles. The van der Waals surface area contributed by atoms with Gasteiger partial charge in [-0.3, -0.25) is 14.9 Å². The Labute approximate surface area is 167 Å². The number of nitrogens with zero attached hydrogens (tertiary/aromatic N) is 4. The molecule has 1 aliphatic rings. The minimum atomic E-state index is -0.399. The minimum absolute atomic E-state index is 0.0711. The fourth-order valence-corrected chi connectivity index (χ4v) is 5.13. The molecule has 140 valence electrons. The molecule has 0 radical (unpaired) electrons. The Hall–Kier alpha value is -2.23. The van der Waals surface area contributed by atoms with Crippen LogP contribution in [-0.4, -0.2) is 46.9 Å². The van der Waals surface area contributed by atoms with Crippen molar-refractivity contribution in [2.45, 2.75) is 6.42 Å². The molecule has 27 heavy (non-hydrogen) atoms. The largest absolute Gasteiger partial charge is 0.345 e. The van der Waals surface area contributed by atoms with E-state index in [0.29, 0.717) is 36.9 Å². The number of hydrogen-bond acceptors (Lipinski definition) is 7. The highest BCUT2D eigenvalue weighted by molar-refractivity contribution is 7.22. The number of rotatable bonds is 4. The average Bonchev–Trinajstić information content (AvgIpc) is 3.27. The number of carbonyl (C=O) groups is 1. The van der Waals surface area contributed by atoms with Gasteiger partial charge in [-0.2, -0.15) is 0 Å². The molecule has 1 fully saturated rings. The topological polar surface area (TPSA) is 79.6 Å². The number of non-ortho nitro benzene ring substituents is 1. The predicted molar refractivity (Wildman–Crippen MR) is 108 cm³/mol. The summed E-state index contributed by atoms with van der Waals surface area (Å²) in [5, 5.41) is 11.8. The number of thiazole rings is 1. The molecule has 0 spiro atoms. The van der Waals surface area contributed by atoms with Crippen molar-refractivity contribution in [2.75, 3.05) is 31.1 Å². The van der Waals surface area contributed by atoms with Gasteiger partial charge in [0.15, 0.2) is 5.13 Å². The van der Waals surface area contributed by atoms with Crippen LogP contribution in [-0.2, 0) is 11.2 Å². The Morgan fingerprint density at radius 1 is 1.19 bits per heavy atom. The number of nitro groups is 1. The first kappa shape index (κ1) is 18.1. The zero-order chi connectivity index (χ0) is 19.0. The van der Waals surface area contributed by atoms with Gasteiger partial charge in [-0.1, -0.05) is 22.9 Å². The maximum Gasteiger partial charge on any atom is 0.270 e. The maximum absolute atomic E-state index is 12.5. The van der Waals surface area contributed by atoms with Crippen LogP contribution < -0.4 is 4.90 Å². The average molecular weight is 423 g/mol. The number of halogens is 1. The summed E-state index contributed by atoms with van der Waals surface area (Å²) in [6.07, 6.45) is 0.377. The number of fused-ring (bicyclic) bond motifs is 1. The van der Waals surface area contributed by atoms with E-state index in [4.69, 9.17) is 11.6 Å². The molecule has 1 aliphatic heterocycles. The highest BCUT2D eigenvalue weighted by Crippen LogP contribution is 2.32. The fraction of sp³-hybridized carbons (Fsp3) is 0.294. The lowest BCUT2D eigenvalue weighted by molar-refractivity contribution is -0.384. The van der Waals surface area contributed by atoms with Crippen molar-refractivity contribution >= 4 is 61.2 Å². The number of aromatic nitrogens is 1. The summed E-state index contributed by atoms with van der Waals surface area (Å²) in [6, 6.07) is 8.41. The van der Waals surface area contributed by atoms with Crippen molar-refractivity contribution in [1.29, 1.82) is 0 Å². The van der Waals surface area contributed by atoms with E-state index >= 15 is 0 Å². The zero-order valence-electron chi connectivity index (χ0n) is 14.1. The van der Waals surface area contributed by atoms with Crippen LogP contribution >= 0.6 is 34.3 Å². The highest BCUT2D eigenvalue weighted by atomic mass is 35.5. The standard InChI is InChI=1S/C17H15ClN4O3S2/c18-15-4-2-12(26-15)10-16(23)20-5-7-21(8-6-20)17-19-13-3-1-11(22(24)25)9-14(13)27-17/h1-4,9H,5-8,10H2. The van der Waals surface area contributed by atoms with Crippen molar-refractivity contribution in [3.63, 3.8) is 0 Å². The van der Waals surface area contributed by atoms with Gasteiger partial charge in [0, 0.05) is 43.2 Å². The van der Waals surface area contributed by atoms with Crippen molar-refractivity contribution in [2.24, 2.45) is 0 Å². The lowest BCUT2D eigenvalue weighted by Gasteiger charge is -2.34. The van der Waals surface area contributed by atoms with Crippen LogP contribution in [0.1, 0.15) is 4.88 Å². The molecule has 0 N–H and O–H groups in total. The molecule has 1 amide bonds. The number of piperazine rings is 1. The molecule has 7 nitrogen and oxygen atoms in total. The van der Waals surface area contributed by atoms with Crippen LogP contribution in [0.15, 0.2) is 30.3 Å². The Morgan fingerprint density at radius 3 is 2.63 bits per heavy atom. The van der Waals surface area contributed by atoms with E-state index in [2.05, 4.69) is 9.88 Å². The molecular formula is C17H15ClN4O3S2. The second-order valence-corrected chi connectivity index (χ2v) is 8.96. The van der Waals surface area contributed by atoms with E-state index < -0.39 is 4.92 Å². The number of amides is 1. The zero-order valence-corrected chi connectivity index (χ0v) is 16.5. The third kappa shape index (κ3) is 3.90. The van der Waals surface area contributed by atoms with Gasteiger partial charge in [-0.15, -0.1) is 11.3 Å². The van der Waals surface area contributed by atoms with Crippen LogP contribution in [0.2, 0.25) is 4.34 Å². The Balaban J connectivity index is 1.40. The summed E-state index contributed by atoms with van der Waals surface area (Å²) in [5.74, 6) is 0.105. The Morgan fingerprint density at radius 2 is 1.96 bits per heavy atom. The fourth-order valence-electron chi connectivity index (χ4n) is 3.00. The summed E-state index contributed by atoms with van der Waals surface area (Å²) < 4.78 is 1.49. The normalized spacial score (nSPS) is 14.7. The number of hydrogen-bond donors (Lipinski definition) is 0. The third-order valence-corrected chi connectivity index (χ3v) is 6.74. The number of benzene rings is 1. The molecule has 4 rings (SSSR count). The lowest BCUT2D eigenvalue weighted by Crippen LogP contribution is -2.49. The van der Waals surface area contributed by atoms with Gasteiger partial charge in [0.25, 0.3) is 5.69 Å². The van der Waals surface area contributed by atoms with E-state index in [1.165, 1.54) is 28.7 Å². The summed E-state index contributed by atoms with van der Waals surface area (Å²) in [5.41, 5.74) is 0.829. The summed E-state index contributed by atoms with van der Waals surface area (Å²) in [6.45, 7) is 2.65. The molecule has 0 bridgehead atoms. The molecule has 0 saturated carbocycles. The van der Waals surface area contributed by atoms with Gasteiger partial charge in [-0.05, 0) is 18.2 Å². The minimum Gasteiger partial charge on any atom is -0.345 e. The van der Waals surface area contributed by atoms with Crippen LogP contribution in [0.25, 0.3) is 10.2 Å². The van der Waals surface area contributed by atoms with E-state index in [0.717, 1.165) is 20.2 Å². The van der Waals surface area contributed by atoms with Crippen molar-refractivity contribution in [1.82, 2.24) is 9.88 Å². The van der Waals surface area contributed by atoms with E-state index in [1.807, 2.05) is 17.0 Å². The summed E-state index contributed by atoms with van der Waals surface area (Å²) in [4.78, 5) is 32.5. The van der Waals surface area contributed by atoms with Crippen molar-refractivity contribution in [3.8, 4) is 0 Å². The molecule has 3 aromatic rings. The van der Waals surface area contributed by atoms with Gasteiger partial charge in [0.05, 0.1) is 25.9 Å². The quantitative estimate of drug-likeness (QED) is 0.471. The molecular weight excluding hydrogens is 408 g/mol. The van der Waals surface area contributed by atoms with Crippen LogP contribution in [0.5, 0.6) is 0 Å². The Bertz CT molecular complexity index is 1010. The molecule has 1 aromatic carbocycles. The van der Waals surface area contributed by atoms with Crippen LogP contribution in [0, 0.1) is 10.1 Å². The van der Waals surface area contributed by atoms with Gasteiger partial charge in [0.2, 0.25) is 5.91 Å². The molecule has 0 unspecified atom stereocenters. The monoisotopic (exact) mass is 422 g/mol. The molecule has 1 saturated heterocycles. The molecule has 10 heteroatoms. The van der Waals surface area contributed by atoms with Crippen molar-refractivity contribution < 1.29 is 9.72 Å². The maximum atomic E-state index is 12.5. The summed E-state index contributed by atoms with van der Waals surface area (Å²) in [7, 11) is 0. The smallest absolute Gasteiger partial charge is 0.270 e. The van der Waals surface area contributed by atoms with Crippen molar-refractivity contribution in [3.05, 3.63) is 49.7 Å². The number of anilines is 1. The third-order valence-electron chi connectivity index (χ3n) is 4.43. The Kier molecular flexibility index (Phi) is 4.98. The van der Waals surface area contributed by atoms with Crippen LogP contribution in [0.3, 0.4) is 0 Å².